The molecule has 0 unspecified atom stereocenters. The first-order chi connectivity index (χ1) is 7.79. The van der Waals surface area contributed by atoms with E-state index in [2.05, 4.69) is 71.0 Å². The molecule has 1 rings (SSSR count). The largest absolute Gasteiger partial charge is 0.369 e. The molecule has 0 aliphatic carbocycles. The zero-order valence-corrected chi connectivity index (χ0v) is 12.8. The predicted molar refractivity (Wildman–Crippen MR) is 75.5 cm³/mol. The maximum atomic E-state index is 4.53. The molecule has 1 N–H and O–H groups in total. The van der Waals surface area contributed by atoms with Crippen molar-refractivity contribution in [3.8, 4) is 0 Å². The van der Waals surface area contributed by atoms with Gasteiger partial charge in [-0.05, 0) is 30.0 Å². The smallest absolute Gasteiger partial charge is 0.137 e. The van der Waals surface area contributed by atoms with E-state index in [1.165, 1.54) is 0 Å². The number of anilines is 1. The summed E-state index contributed by atoms with van der Waals surface area (Å²) in [5, 5.41) is 3.31. The summed E-state index contributed by atoms with van der Waals surface area (Å²) in [6, 6.07) is 1.91. The van der Waals surface area contributed by atoms with Crippen LogP contribution in [-0.2, 0) is 5.41 Å². The Morgan fingerprint density at radius 1 is 1.29 bits per heavy atom. The number of halogens is 1. The summed E-state index contributed by atoms with van der Waals surface area (Å²) < 4.78 is 0.824. The van der Waals surface area contributed by atoms with Crippen LogP contribution in [0.3, 0.4) is 0 Å². The molecule has 0 aliphatic heterocycles. The van der Waals surface area contributed by atoms with Gasteiger partial charge in [0.1, 0.15) is 16.2 Å². The molecule has 0 aromatic carbocycles. The molecule has 5 heteroatoms. The fourth-order valence-corrected chi connectivity index (χ4v) is 1.64. The number of aromatic nitrogens is 2. The maximum Gasteiger partial charge on any atom is 0.137 e. The fourth-order valence-electron chi connectivity index (χ4n) is 1.25. The number of rotatable bonds is 4. The van der Waals surface area contributed by atoms with Crippen LogP contribution in [0.5, 0.6) is 0 Å². The molecule has 0 aliphatic rings. The number of nitrogens with one attached hydrogen (secondary N) is 1. The van der Waals surface area contributed by atoms with Crippen LogP contribution in [0.4, 0.5) is 5.82 Å². The van der Waals surface area contributed by atoms with E-state index in [9.17, 15) is 0 Å². The molecule has 0 saturated heterocycles. The SMILES string of the molecule is CN(C)CCNc1cc(Br)nc(C(C)(C)C)n1. The standard InChI is InChI=1S/C12H21BrN4/c1-12(2,3)11-15-9(13)8-10(16-11)14-6-7-17(4)5/h8H,6-7H2,1-5H3,(H,14,15,16). The van der Waals surface area contributed by atoms with Crippen molar-refractivity contribution in [1.29, 1.82) is 0 Å². The van der Waals surface area contributed by atoms with Crippen LogP contribution < -0.4 is 5.32 Å². The van der Waals surface area contributed by atoms with Crippen LogP contribution >= 0.6 is 15.9 Å². The van der Waals surface area contributed by atoms with Gasteiger partial charge in [0.15, 0.2) is 0 Å². The van der Waals surface area contributed by atoms with Crippen LogP contribution in [-0.4, -0.2) is 42.1 Å². The molecular weight excluding hydrogens is 280 g/mol. The molecule has 0 spiro atoms. The molecule has 0 atom stereocenters. The lowest BCUT2D eigenvalue weighted by Crippen LogP contribution is -2.22. The van der Waals surface area contributed by atoms with Gasteiger partial charge in [0.2, 0.25) is 0 Å². The minimum atomic E-state index is -0.0399. The van der Waals surface area contributed by atoms with Gasteiger partial charge in [0.05, 0.1) is 0 Å². The minimum absolute atomic E-state index is 0.0399. The average molecular weight is 301 g/mol. The molecule has 0 saturated carbocycles. The first-order valence-corrected chi connectivity index (χ1v) is 6.52. The molecule has 4 nitrogen and oxygen atoms in total. The molecule has 1 heterocycles. The second-order valence-corrected chi connectivity index (χ2v) is 6.19. The van der Waals surface area contributed by atoms with Crippen LogP contribution in [0, 0.1) is 0 Å². The minimum Gasteiger partial charge on any atom is -0.369 e. The maximum absolute atomic E-state index is 4.53. The van der Waals surface area contributed by atoms with Crippen molar-refractivity contribution in [2.75, 3.05) is 32.5 Å². The summed E-state index contributed by atoms with van der Waals surface area (Å²) in [4.78, 5) is 11.1. The molecule has 17 heavy (non-hydrogen) atoms. The molecular formula is C12H21BrN4. The Morgan fingerprint density at radius 2 is 1.94 bits per heavy atom. The van der Waals surface area contributed by atoms with Crippen LogP contribution in [0.1, 0.15) is 26.6 Å². The summed E-state index contributed by atoms with van der Waals surface area (Å²) in [6.07, 6.45) is 0. The highest BCUT2D eigenvalue weighted by atomic mass is 79.9. The topological polar surface area (TPSA) is 41.0 Å². The van der Waals surface area contributed by atoms with Gasteiger partial charge in [0.25, 0.3) is 0 Å². The van der Waals surface area contributed by atoms with E-state index in [4.69, 9.17) is 0 Å². The van der Waals surface area contributed by atoms with Crippen LogP contribution in [0.2, 0.25) is 0 Å². The average Bonchev–Trinajstić information content (AvgIpc) is 2.14. The molecule has 96 valence electrons. The summed E-state index contributed by atoms with van der Waals surface area (Å²) in [7, 11) is 4.11. The third kappa shape index (κ3) is 5.00. The van der Waals surface area contributed by atoms with Crippen molar-refractivity contribution in [3.05, 3.63) is 16.5 Å². The van der Waals surface area contributed by atoms with Gasteiger partial charge in [-0.3, -0.25) is 0 Å². The van der Waals surface area contributed by atoms with Crippen molar-refractivity contribution in [2.24, 2.45) is 0 Å². The summed E-state index contributed by atoms with van der Waals surface area (Å²) >= 11 is 3.42. The van der Waals surface area contributed by atoms with Crippen molar-refractivity contribution in [1.82, 2.24) is 14.9 Å². The molecule has 1 aromatic heterocycles. The lowest BCUT2D eigenvalue weighted by atomic mass is 9.96. The highest BCUT2D eigenvalue weighted by Crippen LogP contribution is 2.22. The van der Waals surface area contributed by atoms with E-state index in [0.717, 1.165) is 29.3 Å². The van der Waals surface area contributed by atoms with E-state index >= 15 is 0 Å². The van der Waals surface area contributed by atoms with E-state index in [0.29, 0.717) is 0 Å². The van der Waals surface area contributed by atoms with Gasteiger partial charge in [-0.2, -0.15) is 0 Å². The Hall–Kier alpha value is -0.680. The van der Waals surface area contributed by atoms with Gasteiger partial charge in [-0.25, -0.2) is 9.97 Å². The normalized spacial score (nSPS) is 11.9. The van der Waals surface area contributed by atoms with Crippen LogP contribution in [0.25, 0.3) is 0 Å². The Labute approximate surface area is 112 Å². The third-order valence-corrected chi connectivity index (χ3v) is 2.64. The quantitative estimate of drug-likeness (QED) is 0.868. The number of nitrogens with zero attached hydrogens (tertiary/aromatic N) is 3. The zero-order valence-electron chi connectivity index (χ0n) is 11.2. The highest BCUT2D eigenvalue weighted by molar-refractivity contribution is 9.10. The monoisotopic (exact) mass is 300 g/mol. The van der Waals surface area contributed by atoms with Gasteiger partial charge >= 0.3 is 0 Å². The van der Waals surface area contributed by atoms with Crippen molar-refractivity contribution in [2.45, 2.75) is 26.2 Å². The van der Waals surface area contributed by atoms with Gasteiger partial charge in [-0.15, -0.1) is 0 Å². The second-order valence-electron chi connectivity index (χ2n) is 5.38. The summed E-state index contributed by atoms with van der Waals surface area (Å²) in [6.45, 7) is 8.18. The third-order valence-electron chi connectivity index (χ3n) is 2.23. The zero-order chi connectivity index (χ0) is 13.1. The number of likely N-dealkylation sites (N-methyl/N-ethyl adjacent to an activating group) is 1. The first kappa shape index (κ1) is 14.4. The number of hydrogen-bond acceptors (Lipinski definition) is 4. The first-order valence-electron chi connectivity index (χ1n) is 5.72. The van der Waals surface area contributed by atoms with Gasteiger partial charge < -0.3 is 10.2 Å². The predicted octanol–water partition coefficient (Wildman–Crippen LogP) is 2.51. The Balaban J connectivity index is 2.76. The molecule has 0 bridgehead atoms. The Bertz CT molecular complexity index is 371. The molecule has 0 fully saturated rings. The second kappa shape index (κ2) is 5.78. The van der Waals surface area contributed by atoms with E-state index in [1.807, 2.05) is 6.07 Å². The van der Waals surface area contributed by atoms with Crippen molar-refractivity contribution >= 4 is 21.7 Å². The lowest BCUT2D eigenvalue weighted by Gasteiger charge is -2.18. The van der Waals surface area contributed by atoms with E-state index < -0.39 is 0 Å². The Morgan fingerprint density at radius 3 is 2.47 bits per heavy atom. The van der Waals surface area contributed by atoms with Crippen molar-refractivity contribution < 1.29 is 0 Å². The highest BCUT2D eigenvalue weighted by Gasteiger charge is 2.18. The molecule has 0 amide bonds. The van der Waals surface area contributed by atoms with Crippen LogP contribution in [0.15, 0.2) is 10.7 Å². The summed E-state index contributed by atoms with van der Waals surface area (Å²) in [5.74, 6) is 1.72. The fraction of sp³-hybridized carbons (Fsp3) is 0.667. The van der Waals surface area contributed by atoms with E-state index in [-0.39, 0.29) is 5.41 Å². The lowest BCUT2D eigenvalue weighted by molar-refractivity contribution is 0.425. The number of hydrogen-bond donors (Lipinski definition) is 1. The molecule has 0 radical (unpaired) electrons. The van der Waals surface area contributed by atoms with E-state index in [1.54, 1.807) is 0 Å². The Kier molecular flexibility index (Phi) is 4.89. The van der Waals surface area contributed by atoms with Crippen molar-refractivity contribution in [3.63, 3.8) is 0 Å². The molecule has 1 aromatic rings. The van der Waals surface area contributed by atoms with Gasteiger partial charge in [-0.1, -0.05) is 20.8 Å². The summed E-state index contributed by atoms with van der Waals surface area (Å²) in [5.41, 5.74) is -0.0399. The van der Waals surface area contributed by atoms with Gasteiger partial charge in [0, 0.05) is 24.6 Å².